The van der Waals surface area contributed by atoms with Gasteiger partial charge in [0.05, 0.1) is 19.3 Å². The molecule has 0 fully saturated rings. The lowest BCUT2D eigenvalue weighted by molar-refractivity contribution is 0.414. The van der Waals surface area contributed by atoms with Gasteiger partial charge in [-0.1, -0.05) is 36.4 Å². The zero-order valence-corrected chi connectivity index (χ0v) is 18.4. The third-order valence-electron chi connectivity index (χ3n) is 6.03. The summed E-state index contributed by atoms with van der Waals surface area (Å²) in [6.07, 6.45) is 0.844. The first-order valence-electron chi connectivity index (χ1n) is 10.7. The molecule has 0 aliphatic carbocycles. The van der Waals surface area contributed by atoms with Crippen LogP contribution < -0.4 is 20.9 Å². The van der Waals surface area contributed by atoms with E-state index in [1.165, 1.54) is 9.13 Å². The molecule has 2 aromatic carbocycles. The van der Waals surface area contributed by atoms with E-state index in [0.29, 0.717) is 23.7 Å². The summed E-state index contributed by atoms with van der Waals surface area (Å²) in [4.78, 5) is 33.4. The van der Waals surface area contributed by atoms with E-state index in [1.54, 1.807) is 14.2 Å². The molecule has 1 aliphatic heterocycles. The van der Waals surface area contributed by atoms with Gasteiger partial charge in [0.1, 0.15) is 5.75 Å². The fraction of sp³-hybridized carbons (Fsp3) is 0.292. The van der Waals surface area contributed by atoms with Crippen molar-refractivity contribution in [3.63, 3.8) is 0 Å². The van der Waals surface area contributed by atoms with Crippen LogP contribution in [-0.2, 0) is 20.1 Å². The fourth-order valence-corrected chi connectivity index (χ4v) is 4.41. The monoisotopic (exact) mass is 431 g/mol. The van der Waals surface area contributed by atoms with Gasteiger partial charge >= 0.3 is 5.69 Å². The summed E-state index contributed by atoms with van der Waals surface area (Å²) < 4.78 is 10.3. The SMILES string of the molecule is COc1ccc(C)cc1N1CCCn2c1nc1c2c(=O)n(Cc2ccccc2)c(=O)n1C. The highest BCUT2D eigenvalue weighted by Crippen LogP contribution is 2.37. The highest BCUT2D eigenvalue weighted by Gasteiger charge is 2.28. The molecule has 0 spiro atoms. The average Bonchev–Trinajstić information content (AvgIpc) is 3.21. The molecule has 3 heterocycles. The molecule has 0 amide bonds. The lowest BCUT2D eigenvalue weighted by atomic mass is 10.1. The summed E-state index contributed by atoms with van der Waals surface area (Å²) in [5, 5.41) is 0. The number of nitrogens with zero attached hydrogens (tertiary/aromatic N) is 5. The van der Waals surface area contributed by atoms with Crippen LogP contribution in [-0.4, -0.2) is 32.3 Å². The molecule has 5 rings (SSSR count). The van der Waals surface area contributed by atoms with E-state index >= 15 is 0 Å². The Kier molecular flexibility index (Phi) is 4.84. The van der Waals surface area contributed by atoms with Gasteiger partial charge in [0, 0.05) is 20.1 Å². The van der Waals surface area contributed by atoms with Crippen molar-refractivity contribution in [3.8, 4) is 5.75 Å². The minimum absolute atomic E-state index is 0.220. The third-order valence-corrected chi connectivity index (χ3v) is 6.03. The number of imidazole rings is 1. The van der Waals surface area contributed by atoms with Crippen LogP contribution >= 0.6 is 0 Å². The van der Waals surface area contributed by atoms with Crippen LogP contribution in [0.3, 0.4) is 0 Å². The second-order valence-electron chi connectivity index (χ2n) is 8.13. The van der Waals surface area contributed by atoms with Crippen LogP contribution in [0, 0.1) is 6.92 Å². The number of hydrogen-bond donors (Lipinski definition) is 0. The summed E-state index contributed by atoms with van der Waals surface area (Å²) in [6.45, 7) is 3.66. The minimum Gasteiger partial charge on any atom is -0.495 e. The number of anilines is 2. The maximum atomic E-state index is 13.5. The highest BCUT2D eigenvalue weighted by atomic mass is 16.5. The molecule has 0 atom stereocenters. The molecule has 0 bridgehead atoms. The minimum atomic E-state index is -0.374. The molecule has 0 saturated carbocycles. The largest absolute Gasteiger partial charge is 0.495 e. The van der Waals surface area contributed by atoms with Crippen LogP contribution in [0.2, 0.25) is 0 Å². The van der Waals surface area contributed by atoms with Crippen molar-refractivity contribution < 1.29 is 4.74 Å². The average molecular weight is 431 g/mol. The summed E-state index contributed by atoms with van der Waals surface area (Å²) >= 11 is 0. The third kappa shape index (κ3) is 3.10. The van der Waals surface area contributed by atoms with E-state index in [-0.39, 0.29) is 17.8 Å². The number of methoxy groups -OCH3 is 1. The Bertz CT molecular complexity index is 1430. The van der Waals surface area contributed by atoms with Crippen molar-refractivity contribution in [1.82, 2.24) is 18.7 Å². The van der Waals surface area contributed by atoms with Crippen molar-refractivity contribution in [2.75, 3.05) is 18.6 Å². The molecular weight excluding hydrogens is 406 g/mol. The number of ether oxygens (including phenoxy) is 1. The highest BCUT2D eigenvalue weighted by molar-refractivity contribution is 5.78. The number of hydrogen-bond acceptors (Lipinski definition) is 5. The second-order valence-corrected chi connectivity index (χ2v) is 8.13. The van der Waals surface area contributed by atoms with E-state index in [4.69, 9.17) is 9.72 Å². The lowest BCUT2D eigenvalue weighted by Gasteiger charge is -2.30. The van der Waals surface area contributed by atoms with Gasteiger partial charge < -0.3 is 14.2 Å². The topological polar surface area (TPSA) is 74.3 Å². The Morgan fingerprint density at radius 1 is 1.06 bits per heavy atom. The first-order chi connectivity index (χ1) is 15.5. The predicted octanol–water partition coefficient (Wildman–Crippen LogP) is 2.80. The van der Waals surface area contributed by atoms with Crippen molar-refractivity contribution in [2.24, 2.45) is 7.05 Å². The summed E-state index contributed by atoms with van der Waals surface area (Å²) in [5.74, 6) is 1.39. The van der Waals surface area contributed by atoms with Crippen LogP contribution in [0.25, 0.3) is 11.2 Å². The van der Waals surface area contributed by atoms with Crippen LogP contribution in [0.1, 0.15) is 17.5 Å². The smallest absolute Gasteiger partial charge is 0.332 e. The number of aryl methyl sites for hydroxylation is 3. The summed E-state index contributed by atoms with van der Waals surface area (Å²) in [7, 11) is 3.31. The van der Waals surface area contributed by atoms with Gasteiger partial charge in [-0.25, -0.2) is 4.79 Å². The van der Waals surface area contributed by atoms with Crippen molar-refractivity contribution >= 4 is 22.8 Å². The Hall–Kier alpha value is -3.81. The van der Waals surface area contributed by atoms with E-state index < -0.39 is 0 Å². The van der Waals surface area contributed by atoms with Crippen molar-refractivity contribution in [2.45, 2.75) is 26.4 Å². The molecule has 0 saturated heterocycles. The first-order valence-corrected chi connectivity index (χ1v) is 10.7. The molecule has 8 heteroatoms. The Balaban J connectivity index is 1.72. The molecule has 0 N–H and O–H groups in total. The summed E-state index contributed by atoms with van der Waals surface area (Å²) in [6, 6.07) is 15.5. The lowest BCUT2D eigenvalue weighted by Crippen LogP contribution is -2.40. The van der Waals surface area contributed by atoms with Crippen LogP contribution in [0.4, 0.5) is 11.6 Å². The molecule has 2 aromatic heterocycles. The van der Waals surface area contributed by atoms with E-state index in [2.05, 4.69) is 11.0 Å². The molecule has 1 aliphatic rings. The van der Waals surface area contributed by atoms with Gasteiger partial charge in [0.25, 0.3) is 5.56 Å². The molecule has 4 aromatic rings. The van der Waals surface area contributed by atoms with Gasteiger partial charge in [-0.2, -0.15) is 4.98 Å². The molecular formula is C24H25N5O3. The number of fused-ring (bicyclic) bond motifs is 3. The molecule has 0 radical (unpaired) electrons. The van der Waals surface area contributed by atoms with Gasteiger partial charge in [-0.3, -0.25) is 13.9 Å². The van der Waals surface area contributed by atoms with Gasteiger partial charge in [0.2, 0.25) is 5.95 Å². The molecule has 164 valence electrons. The molecule has 32 heavy (non-hydrogen) atoms. The summed E-state index contributed by atoms with van der Waals surface area (Å²) in [5.41, 5.74) is 3.07. The van der Waals surface area contributed by atoms with E-state index in [1.807, 2.05) is 54.0 Å². The Morgan fingerprint density at radius 3 is 2.59 bits per heavy atom. The maximum Gasteiger partial charge on any atom is 0.332 e. The van der Waals surface area contributed by atoms with E-state index in [0.717, 1.165) is 35.5 Å². The Labute approximate surface area is 184 Å². The zero-order chi connectivity index (χ0) is 22.4. The van der Waals surface area contributed by atoms with Gasteiger partial charge in [-0.15, -0.1) is 0 Å². The maximum absolute atomic E-state index is 13.5. The van der Waals surface area contributed by atoms with Crippen molar-refractivity contribution in [1.29, 1.82) is 0 Å². The second kappa shape index (κ2) is 7.71. The van der Waals surface area contributed by atoms with Crippen LogP contribution in [0.15, 0.2) is 58.1 Å². The number of aromatic nitrogens is 4. The first kappa shape index (κ1) is 20.1. The Morgan fingerprint density at radius 2 is 1.84 bits per heavy atom. The zero-order valence-electron chi connectivity index (χ0n) is 18.4. The van der Waals surface area contributed by atoms with E-state index in [9.17, 15) is 9.59 Å². The quantitative estimate of drug-likeness (QED) is 0.497. The molecule has 0 unspecified atom stereocenters. The molecule has 8 nitrogen and oxygen atoms in total. The van der Waals surface area contributed by atoms with Crippen molar-refractivity contribution in [3.05, 3.63) is 80.5 Å². The number of rotatable bonds is 4. The fourth-order valence-electron chi connectivity index (χ4n) is 4.41. The number of benzene rings is 2. The van der Waals surface area contributed by atoms with Gasteiger partial charge in [0.15, 0.2) is 11.2 Å². The predicted molar refractivity (Wildman–Crippen MR) is 124 cm³/mol. The standard InChI is InChI=1S/C24H25N5O3/c1-16-10-11-19(32-3)18(14-16)27-12-7-13-28-20-21(25-23(27)28)26(2)24(31)29(22(20)30)15-17-8-5-4-6-9-17/h4-6,8-11,14H,7,12-13,15H2,1-3H3. The van der Waals surface area contributed by atoms with Crippen LogP contribution in [0.5, 0.6) is 5.75 Å². The normalized spacial score (nSPS) is 13.4. The van der Waals surface area contributed by atoms with Gasteiger partial charge in [-0.05, 0) is 36.6 Å².